The third kappa shape index (κ3) is 4.92. The number of rotatable bonds is 4. The number of benzene rings is 1. The molecule has 0 unspecified atom stereocenters. The molecule has 0 heterocycles. The van der Waals surface area contributed by atoms with Crippen molar-refractivity contribution in [2.24, 2.45) is 0 Å². The van der Waals surface area contributed by atoms with E-state index in [4.69, 9.17) is 9.47 Å². The zero-order valence-electron chi connectivity index (χ0n) is 13.0. The largest absolute Gasteiger partial charge is 0.491 e. The second kappa shape index (κ2) is 5.87. The van der Waals surface area contributed by atoms with Gasteiger partial charge in [-0.2, -0.15) is 0 Å². The second-order valence-electron chi connectivity index (χ2n) is 6.61. The van der Waals surface area contributed by atoms with Gasteiger partial charge in [-0.25, -0.2) is 4.79 Å². The van der Waals surface area contributed by atoms with Crippen LogP contribution in [-0.4, -0.2) is 23.8 Å². The van der Waals surface area contributed by atoms with Crippen LogP contribution in [0.2, 0.25) is 0 Å². The summed E-state index contributed by atoms with van der Waals surface area (Å²) in [6, 6.07) is 5.86. The summed E-state index contributed by atoms with van der Waals surface area (Å²) in [7, 11) is 0. The molecule has 0 spiro atoms. The molecule has 5 heteroatoms. The third-order valence-corrected chi connectivity index (χ3v) is 4.15. The van der Waals surface area contributed by atoms with E-state index < -0.39 is 5.60 Å². The van der Waals surface area contributed by atoms with Crippen LogP contribution in [0.4, 0.5) is 4.79 Å². The number of nitrogens with one attached hydrogen (secondary N) is 1. The smallest absolute Gasteiger partial charge is 0.408 e. The Morgan fingerprint density at radius 3 is 2.57 bits per heavy atom. The fourth-order valence-electron chi connectivity index (χ4n) is 1.90. The van der Waals surface area contributed by atoms with Crippen molar-refractivity contribution in [3.05, 3.63) is 28.2 Å². The van der Waals surface area contributed by atoms with Crippen molar-refractivity contribution in [2.45, 2.75) is 51.7 Å². The van der Waals surface area contributed by atoms with Crippen LogP contribution in [0.3, 0.4) is 0 Å². The number of hydrogen-bond acceptors (Lipinski definition) is 3. The van der Waals surface area contributed by atoms with Gasteiger partial charge in [0.15, 0.2) is 0 Å². The molecule has 116 valence electrons. The number of alkyl carbamates (subject to hydrolysis) is 1. The molecule has 1 fully saturated rings. The summed E-state index contributed by atoms with van der Waals surface area (Å²) in [4.78, 5) is 11.8. The summed E-state index contributed by atoms with van der Waals surface area (Å²) < 4.78 is 12.2. The van der Waals surface area contributed by atoms with E-state index in [9.17, 15) is 4.79 Å². The van der Waals surface area contributed by atoms with Gasteiger partial charge in [-0.3, -0.25) is 0 Å². The quantitative estimate of drug-likeness (QED) is 0.880. The normalized spacial score (nSPS) is 16.2. The van der Waals surface area contributed by atoms with Gasteiger partial charge in [0.1, 0.15) is 18.0 Å². The molecule has 4 nitrogen and oxygen atoms in total. The molecule has 1 N–H and O–H groups in total. The maximum Gasteiger partial charge on any atom is 0.408 e. The molecular weight excluding hydrogens is 334 g/mol. The van der Waals surface area contributed by atoms with Crippen molar-refractivity contribution in [1.29, 1.82) is 0 Å². The van der Waals surface area contributed by atoms with Gasteiger partial charge in [-0.05, 0) is 64.3 Å². The summed E-state index contributed by atoms with van der Waals surface area (Å²) in [5.74, 6) is 0.813. The van der Waals surface area contributed by atoms with E-state index >= 15 is 0 Å². The minimum Gasteiger partial charge on any atom is -0.491 e. The van der Waals surface area contributed by atoms with Gasteiger partial charge in [0.2, 0.25) is 0 Å². The molecule has 0 bridgehead atoms. The van der Waals surface area contributed by atoms with Crippen molar-refractivity contribution >= 4 is 22.0 Å². The van der Waals surface area contributed by atoms with Crippen LogP contribution in [0.5, 0.6) is 5.75 Å². The highest BCUT2D eigenvalue weighted by molar-refractivity contribution is 9.10. The fraction of sp³-hybridized carbons (Fsp3) is 0.562. The summed E-state index contributed by atoms with van der Waals surface area (Å²) in [6.07, 6.45) is 1.46. The predicted molar refractivity (Wildman–Crippen MR) is 85.7 cm³/mol. The molecule has 0 radical (unpaired) electrons. The van der Waals surface area contributed by atoms with Gasteiger partial charge in [0.05, 0.1) is 5.54 Å². The van der Waals surface area contributed by atoms with Gasteiger partial charge in [-0.15, -0.1) is 0 Å². The Morgan fingerprint density at radius 1 is 1.38 bits per heavy atom. The summed E-state index contributed by atoms with van der Waals surface area (Å²) in [6.45, 7) is 8.05. The SMILES string of the molecule is Cc1cc(OCC2(NC(=O)OC(C)(C)C)CC2)ccc1Br. The summed E-state index contributed by atoms with van der Waals surface area (Å²) >= 11 is 3.46. The molecule has 1 amide bonds. The van der Waals surface area contributed by atoms with Crippen LogP contribution in [0.25, 0.3) is 0 Å². The number of aryl methyl sites for hydroxylation is 1. The van der Waals surface area contributed by atoms with Gasteiger partial charge in [0, 0.05) is 4.47 Å². The number of carbonyl (C=O) groups excluding carboxylic acids is 1. The van der Waals surface area contributed by atoms with E-state index in [0.717, 1.165) is 28.6 Å². The first-order valence-corrected chi connectivity index (χ1v) is 7.89. The highest BCUT2D eigenvalue weighted by Crippen LogP contribution is 2.36. The van der Waals surface area contributed by atoms with E-state index in [0.29, 0.717) is 6.61 Å². The molecule has 1 aromatic rings. The topological polar surface area (TPSA) is 47.6 Å². The molecule has 1 saturated carbocycles. The van der Waals surface area contributed by atoms with Crippen LogP contribution < -0.4 is 10.1 Å². The van der Waals surface area contributed by atoms with E-state index in [1.54, 1.807) is 0 Å². The number of hydrogen-bond donors (Lipinski definition) is 1. The van der Waals surface area contributed by atoms with Gasteiger partial charge < -0.3 is 14.8 Å². The lowest BCUT2D eigenvalue weighted by atomic mass is 10.2. The molecule has 1 aromatic carbocycles. The third-order valence-electron chi connectivity index (χ3n) is 3.26. The molecule has 2 rings (SSSR count). The van der Waals surface area contributed by atoms with Gasteiger partial charge in [0.25, 0.3) is 0 Å². The standard InChI is InChI=1S/C16H22BrNO3/c1-11-9-12(5-6-13(11)17)20-10-16(7-8-16)18-14(19)21-15(2,3)4/h5-6,9H,7-8,10H2,1-4H3,(H,18,19). The van der Waals surface area contributed by atoms with Crippen molar-refractivity contribution in [3.8, 4) is 5.75 Å². The predicted octanol–water partition coefficient (Wildman–Crippen LogP) is 4.19. The Hall–Kier alpha value is -1.23. The zero-order chi connectivity index (χ0) is 15.7. The molecule has 1 aliphatic rings. The van der Waals surface area contributed by atoms with Gasteiger partial charge in [-0.1, -0.05) is 15.9 Å². The highest BCUT2D eigenvalue weighted by atomic mass is 79.9. The van der Waals surface area contributed by atoms with Crippen molar-refractivity contribution in [3.63, 3.8) is 0 Å². The van der Waals surface area contributed by atoms with Crippen LogP contribution in [0.1, 0.15) is 39.2 Å². The van der Waals surface area contributed by atoms with Gasteiger partial charge >= 0.3 is 6.09 Å². The summed E-state index contributed by atoms with van der Waals surface area (Å²) in [5.41, 5.74) is 0.366. The average Bonchev–Trinajstić information content (AvgIpc) is 3.08. The Morgan fingerprint density at radius 2 is 2.05 bits per heavy atom. The number of carbonyl (C=O) groups is 1. The van der Waals surface area contributed by atoms with Crippen LogP contribution in [0.15, 0.2) is 22.7 Å². The van der Waals surface area contributed by atoms with Crippen molar-refractivity contribution < 1.29 is 14.3 Å². The number of ether oxygens (including phenoxy) is 2. The van der Waals surface area contributed by atoms with Crippen LogP contribution >= 0.6 is 15.9 Å². The Kier molecular flexibility index (Phi) is 4.51. The van der Waals surface area contributed by atoms with Crippen molar-refractivity contribution in [1.82, 2.24) is 5.32 Å². The number of halogens is 1. The molecular formula is C16H22BrNO3. The Balaban J connectivity index is 1.87. The Labute approximate surface area is 134 Å². The first kappa shape index (κ1) is 16.1. The van der Waals surface area contributed by atoms with E-state index in [2.05, 4.69) is 21.2 Å². The lowest BCUT2D eigenvalue weighted by Gasteiger charge is -2.23. The average molecular weight is 356 g/mol. The molecule has 21 heavy (non-hydrogen) atoms. The van der Waals surface area contributed by atoms with E-state index in [1.165, 1.54) is 0 Å². The van der Waals surface area contributed by atoms with E-state index in [1.807, 2.05) is 45.9 Å². The second-order valence-corrected chi connectivity index (χ2v) is 7.46. The maximum absolute atomic E-state index is 11.8. The lowest BCUT2D eigenvalue weighted by Crippen LogP contribution is -2.44. The first-order chi connectivity index (χ1) is 9.69. The lowest BCUT2D eigenvalue weighted by molar-refractivity contribution is 0.0477. The molecule has 0 saturated heterocycles. The summed E-state index contributed by atoms with van der Waals surface area (Å²) in [5, 5.41) is 2.92. The Bertz CT molecular complexity index is 533. The zero-order valence-corrected chi connectivity index (χ0v) is 14.5. The molecule has 0 aliphatic heterocycles. The molecule has 0 atom stereocenters. The van der Waals surface area contributed by atoms with Crippen LogP contribution in [-0.2, 0) is 4.74 Å². The molecule has 1 aliphatic carbocycles. The maximum atomic E-state index is 11.8. The van der Waals surface area contributed by atoms with Crippen LogP contribution in [0, 0.1) is 6.92 Å². The van der Waals surface area contributed by atoms with Crippen molar-refractivity contribution in [2.75, 3.05) is 6.61 Å². The minimum atomic E-state index is -0.482. The number of amides is 1. The fourth-order valence-corrected chi connectivity index (χ4v) is 2.15. The first-order valence-electron chi connectivity index (χ1n) is 7.09. The highest BCUT2D eigenvalue weighted by Gasteiger charge is 2.46. The monoisotopic (exact) mass is 355 g/mol. The minimum absolute atomic E-state index is 0.274. The molecule has 0 aromatic heterocycles. The van der Waals surface area contributed by atoms with E-state index in [-0.39, 0.29) is 11.6 Å².